The van der Waals surface area contributed by atoms with Crippen LogP contribution >= 0.6 is 0 Å². The smallest absolute Gasteiger partial charge is 0.216 e. The van der Waals surface area contributed by atoms with E-state index in [1.807, 2.05) is 87.8 Å². The fourth-order valence-corrected chi connectivity index (χ4v) is 5.45. The van der Waals surface area contributed by atoms with E-state index in [1.165, 1.54) is 5.56 Å². The maximum atomic E-state index is 6.17. The van der Waals surface area contributed by atoms with Crippen LogP contribution in [-0.2, 0) is 20.1 Å². The first kappa shape index (κ1) is 31.0. The van der Waals surface area contributed by atoms with Crippen molar-refractivity contribution in [1.29, 1.82) is 0 Å². The van der Waals surface area contributed by atoms with Gasteiger partial charge in [0.2, 0.25) is 5.71 Å². The van der Waals surface area contributed by atoms with Crippen LogP contribution in [0.1, 0.15) is 22.5 Å². The Kier molecular flexibility index (Phi) is 8.85. The van der Waals surface area contributed by atoms with Crippen molar-refractivity contribution in [2.45, 2.75) is 27.7 Å². The third kappa shape index (κ3) is 6.23. The number of nitrogens with zero attached hydrogens (tertiary/aromatic N) is 4. The zero-order valence-electron chi connectivity index (χ0n) is 25.9. The number of benzene rings is 3. The van der Waals surface area contributed by atoms with Gasteiger partial charge in [0.25, 0.3) is 0 Å². The molecule has 0 aliphatic carbocycles. The summed E-state index contributed by atoms with van der Waals surface area (Å²) >= 11 is 0. The van der Waals surface area contributed by atoms with Crippen LogP contribution in [0.5, 0.6) is 0 Å². The average molecular weight is 775 g/mol. The van der Waals surface area contributed by atoms with Crippen LogP contribution in [0.2, 0.25) is 0 Å². The van der Waals surface area contributed by atoms with E-state index in [9.17, 15) is 0 Å². The molecule has 3 aromatic carbocycles. The molecule has 46 heavy (non-hydrogen) atoms. The van der Waals surface area contributed by atoms with E-state index < -0.39 is 0 Å². The summed E-state index contributed by atoms with van der Waals surface area (Å²) in [6.45, 7) is 8.10. The number of aromatic nitrogens is 4. The maximum Gasteiger partial charge on any atom is 0.216 e. The maximum absolute atomic E-state index is 6.17. The van der Waals surface area contributed by atoms with Crippen molar-refractivity contribution in [3.05, 3.63) is 144 Å². The van der Waals surface area contributed by atoms with E-state index in [2.05, 4.69) is 76.5 Å². The number of hydrogen-bond acceptors (Lipinski definition) is 5. The Balaban J connectivity index is 0.000000223. The fourth-order valence-electron chi connectivity index (χ4n) is 5.45. The van der Waals surface area contributed by atoms with Gasteiger partial charge in [0.1, 0.15) is 0 Å². The third-order valence-electron chi connectivity index (χ3n) is 7.83. The van der Waals surface area contributed by atoms with E-state index in [4.69, 9.17) is 9.40 Å². The van der Waals surface area contributed by atoms with Gasteiger partial charge in [0.15, 0.2) is 0 Å². The molecule has 8 rings (SSSR count). The second-order valence-electron chi connectivity index (χ2n) is 11.2. The second-order valence-corrected chi connectivity index (χ2v) is 11.2. The molecule has 0 amide bonds. The second kappa shape index (κ2) is 13.1. The summed E-state index contributed by atoms with van der Waals surface area (Å²) in [6.07, 6.45) is 3.79. The van der Waals surface area contributed by atoms with Crippen molar-refractivity contribution in [3.8, 4) is 33.6 Å². The predicted octanol–water partition coefficient (Wildman–Crippen LogP) is 9.84. The van der Waals surface area contributed by atoms with E-state index >= 15 is 0 Å². The fraction of sp³-hybridized carbons (Fsp3) is 0.100. The van der Waals surface area contributed by atoms with Crippen molar-refractivity contribution in [1.82, 2.24) is 19.9 Å². The molecule has 6 heteroatoms. The van der Waals surface area contributed by atoms with Crippen molar-refractivity contribution < 1.29 is 24.5 Å². The molecule has 0 spiro atoms. The van der Waals surface area contributed by atoms with Crippen molar-refractivity contribution in [3.63, 3.8) is 0 Å². The van der Waals surface area contributed by atoms with Crippen LogP contribution < -0.4 is 0 Å². The van der Waals surface area contributed by atoms with Gasteiger partial charge in [-0.1, -0.05) is 41.3 Å². The van der Waals surface area contributed by atoms with Crippen LogP contribution in [0.15, 0.2) is 114 Å². The third-order valence-corrected chi connectivity index (χ3v) is 7.83. The molecule has 0 bridgehead atoms. The van der Waals surface area contributed by atoms with Crippen LogP contribution in [-0.4, -0.2) is 19.9 Å². The van der Waals surface area contributed by atoms with Crippen LogP contribution in [0, 0.1) is 39.8 Å². The van der Waals surface area contributed by atoms with Crippen LogP contribution in [0.3, 0.4) is 0 Å². The summed E-state index contributed by atoms with van der Waals surface area (Å²) in [6, 6.07) is 39.1. The van der Waals surface area contributed by atoms with Gasteiger partial charge in [-0.15, -0.1) is 54.1 Å². The Hall–Kier alpha value is -5.03. The first-order chi connectivity index (χ1) is 21.9. The molecule has 0 aliphatic rings. The normalized spacial score (nSPS) is 10.9. The van der Waals surface area contributed by atoms with Gasteiger partial charge in [0.05, 0.1) is 11.1 Å². The summed E-state index contributed by atoms with van der Waals surface area (Å²) < 4.78 is 6.17. The number of rotatable bonds is 3. The molecular formula is C40H30IrN4O-2. The summed E-state index contributed by atoms with van der Waals surface area (Å²) in [7, 11) is 0. The van der Waals surface area contributed by atoms with Gasteiger partial charge < -0.3 is 14.4 Å². The van der Waals surface area contributed by atoms with Crippen LogP contribution in [0.25, 0.3) is 66.6 Å². The Labute approximate surface area is 281 Å². The summed E-state index contributed by atoms with van der Waals surface area (Å²) in [5, 5.41) is 3.15. The molecule has 0 fully saturated rings. The monoisotopic (exact) mass is 775 g/mol. The first-order valence-electron chi connectivity index (χ1n) is 14.9. The van der Waals surface area contributed by atoms with Gasteiger partial charge >= 0.3 is 0 Å². The van der Waals surface area contributed by atoms with E-state index in [-0.39, 0.29) is 20.1 Å². The minimum atomic E-state index is 0. The number of pyridine rings is 4. The molecule has 0 unspecified atom stereocenters. The van der Waals surface area contributed by atoms with E-state index in [0.717, 1.165) is 77.9 Å². The van der Waals surface area contributed by atoms with Gasteiger partial charge in [0, 0.05) is 54.7 Å². The zero-order chi connectivity index (χ0) is 30.9. The standard InChI is InChI=1S/C28H20N3O.C12H10N.Ir/c1-16-15-29-26(14-24(16)19-10-12-25-20(13-19)9-7-17(2)30-25)23-6-4-5-21-22-11-8-18(3)31-28(22)32-27(21)23;1-10-7-8-12(13-9-10)11-5-3-2-4-6-11;/h4-5,7-15H,1-3H3;2-5,7-9H,1H3;/q2*-1;. The molecule has 1 radical (unpaired) electrons. The van der Waals surface area contributed by atoms with Gasteiger partial charge in [-0.25, -0.2) is 4.98 Å². The molecular weight excluding hydrogens is 745 g/mol. The Morgan fingerprint density at radius 1 is 0.652 bits per heavy atom. The van der Waals surface area contributed by atoms with Crippen LogP contribution in [0.4, 0.5) is 0 Å². The molecule has 0 N–H and O–H groups in total. The SMILES string of the molecule is Cc1ccc(-c2[c-]cccc2)nc1.Cc1ccc2cc(-c3cc(-c4[c-]ccc5c4oc4nc(C)ccc45)ncc3C)ccc2n1.[Ir]. The molecule has 5 aromatic heterocycles. The van der Waals surface area contributed by atoms with Gasteiger partial charge in [-0.3, -0.25) is 4.98 Å². The molecule has 0 atom stereocenters. The largest absolute Gasteiger partial charge is 0.486 e. The summed E-state index contributed by atoms with van der Waals surface area (Å²) in [4.78, 5) is 18.2. The van der Waals surface area contributed by atoms with E-state index in [0.29, 0.717) is 5.71 Å². The molecule has 0 saturated heterocycles. The molecule has 5 nitrogen and oxygen atoms in total. The number of hydrogen-bond donors (Lipinski definition) is 0. The molecule has 0 aliphatic heterocycles. The number of fused-ring (bicyclic) bond motifs is 4. The van der Waals surface area contributed by atoms with Crippen molar-refractivity contribution in [2.75, 3.05) is 0 Å². The Morgan fingerprint density at radius 2 is 1.48 bits per heavy atom. The summed E-state index contributed by atoms with van der Waals surface area (Å²) in [5.41, 5.74) is 12.6. The van der Waals surface area contributed by atoms with Crippen molar-refractivity contribution in [2.24, 2.45) is 0 Å². The molecule has 227 valence electrons. The molecule has 5 heterocycles. The van der Waals surface area contributed by atoms with Gasteiger partial charge in [-0.05, 0) is 91.7 Å². The minimum Gasteiger partial charge on any atom is -0.486 e. The first-order valence-corrected chi connectivity index (χ1v) is 14.9. The number of furan rings is 1. The average Bonchev–Trinajstić information content (AvgIpc) is 3.44. The number of aryl methyl sites for hydroxylation is 4. The summed E-state index contributed by atoms with van der Waals surface area (Å²) in [5.74, 6) is 0. The Morgan fingerprint density at radius 3 is 2.28 bits per heavy atom. The van der Waals surface area contributed by atoms with Gasteiger partial charge in [-0.2, -0.15) is 0 Å². The topological polar surface area (TPSA) is 64.7 Å². The predicted molar refractivity (Wildman–Crippen MR) is 182 cm³/mol. The molecule has 0 saturated carbocycles. The minimum absolute atomic E-state index is 0. The Bertz CT molecular complexity index is 2310. The van der Waals surface area contributed by atoms with Crippen molar-refractivity contribution >= 4 is 33.0 Å². The molecule has 8 aromatic rings. The zero-order valence-corrected chi connectivity index (χ0v) is 28.3. The van der Waals surface area contributed by atoms with E-state index in [1.54, 1.807) is 0 Å². The quantitative estimate of drug-likeness (QED) is 0.167.